The van der Waals surface area contributed by atoms with Crippen LogP contribution in [0.3, 0.4) is 0 Å². The Bertz CT molecular complexity index is 335. The van der Waals surface area contributed by atoms with E-state index >= 15 is 0 Å². The van der Waals surface area contributed by atoms with E-state index in [1.54, 1.807) is 0 Å². The molecule has 0 aliphatic carbocycles. The highest BCUT2D eigenvalue weighted by Gasteiger charge is 2.25. The lowest BCUT2D eigenvalue weighted by Crippen LogP contribution is -2.28. The van der Waals surface area contributed by atoms with E-state index in [0.717, 1.165) is 13.8 Å². The normalized spacial score (nSPS) is 17.7. The van der Waals surface area contributed by atoms with Crippen molar-refractivity contribution in [2.75, 3.05) is 0 Å². The van der Waals surface area contributed by atoms with Gasteiger partial charge >= 0.3 is 21.0 Å². The molecule has 0 aromatic rings. The lowest BCUT2D eigenvalue weighted by atomic mass is 10.3. The van der Waals surface area contributed by atoms with Crippen LogP contribution in [-0.4, -0.2) is 29.0 Å². The molecule has 0 rings (SSSR count). The number of rotatable bonds is 5. The van der Waals surface area contributed by atoms with Crippen molar-refractivity contribution < 1.29 is 33.0 Å². The molecule has 0 aromatic carbocycles. The third-order valence-corrected chi connectivity index (χ3v) is 2.26. The van der Waals surface area contributed by atoms with Gasteiger partial charge in [0.15, 0.2) is 0 Å². The van der Waals surface area contributed by atoms with Crippen LogP contribution in [0.15, 0.2) is 0 Å². The van der Waals surface area contributed by atoms with Gasteiger partial charge in [-0.1, -0.05) is 7.77 Å². The Kier molecular flexibility index (Phi) is 4.36. The summed E-state index contributed by atoms with van der Waals surface area (Å²) in [5.41, 5.74) is 0. The molecule has 0 aromatic heterocycles. The zero-order chi connectivity index (χ0) is 11.6. The predicted octanol–water partition coefficient (Wildman–Crippen LogP) is 0.225. The second kappa shape index (κ2) is 4.47. The molecule has 0 saturated carbocycles. The standard InChI is InChI=1S/C4H8F2O6S2/c1-3(11-13(5,7)8)4(2)12-14(6,9)10/h3-4H,1-2H3. The van der Waals surface area contributed by atoms with Crippen LogP contribution in [0.1, 0.15) is 13.8 Å². The molecule has 0 N–H and O–H groups in total. The molecule has 2 unspecified atom stereocenters. The summed E-state index contributed by atoms with van der Waals surface area (Å²) in [7, 11) is -10.4. The molecule has 10 heteroatoms. The van der Waals surface area contributed by atoms with Crippen molar-refractivity contribution in [2.45, 2.75) is 26.1 Å². The minimum Gasteiger partial charge on any atom is -0.239 e. The molecule has 0 amide bonds. The van der Waals surface area contributed by atoms with Crippen LogP contribution in [0.4, 0.5) is 7.77 Å². The van der Waals surface area contributed by atoms with Gasteiger partial charge in [-0.05, 0) is 13.8 Å². The van der Waals surface area contributed by atoms with Crippen molar-refractivity contribution in [3.63, 3.8) is 0 Å². The second-order valence-electron chi connectivity index (χ2n) is 2.39. The molecule has 0 aliphatic heterocycles. The first-order chi connectivity index (χ1) is 6.01. The maximum atomic E-state index is 11.9. The highest BCUT2D eigenvalue weighted by atomic mass is 32.3. The first-order valence-corrected chi connectivity index (χ1v) is 5.89. The van der Waals surface area contributed by atoms with E-state index in [-0.39, 0.29) is 0 Å². The Morgan fingerprint density at radius 2 is 1.07 bits per heavy atom. The van der Waals surface area contributed by atoms with E-state index in [1.807, 2.05) is 0 Å². The number of halogens is 2. The Morgan fingerprint density at radius 3 is 1.21 bits per heavy atom. The summed E-state index contributed by atoms with van der Waals surface area (Å²) >= 11 is 0. The van der Waals surface area contributed by atoms with Crippen molar-refractivity contribution in [2.24, 2.45) is 0 Å². The molecule has 0 heterocycles. The molecule has 0 fully saturated rings. The lowest BCUT2D eigenvalue weighted by Gasteiger charge is -2.15. The van der Waals surface area contributed by atoms with Crippen molar-refractivity contribution in [1.29, 1.82) is 0 Å². The molecular weight excluding hydrogens is 246 g/mol. The largest absolute Gasteiger partial charge is 0.437 e. The zero-order valence-corrected chi connectivity index (χ0v) is 8.81. The fourth-order valence-electron chi connectivity index (χ4n) is 0.519. The molecule has 6 nitrogen and oxygen atoms in total. The Morgan fingerprint density at radius 1 is 0.857 bits per heavy atom. The first kappa shape index (κ1) is 13.7. The average molecular weight is 254 g/mol. The van der Waals surface area contributed by atoms with Crippen LogP contribution < -0.4 is 0 Å². The van der Waals surface area contributed by atoms with Gasteiger partial charge in [-0.3, -0.25) is 0 Å². The fourth-order valence-corrected chi connectivity index (χ4v) is 1.56. The van der Waals surface area contributed by atoms with Crippen LogP contribution in [-0.2, 0) is 29.4 Å². The van der Waals surface area contributed by atoms with E-state index in [9.17, 15) is 24.6 Å². The van der Waals surface area contributed by atoms with Gasteiger partial charge in [-0.25, -0.2) is 8.37 Å². The van der Waals surface area contributed by atoms with Gasteiger partial charge in [-0.2, -0.15) is 16.8 Å². The maximum Gasteiger partial charge on any atom is 0.437 e. The molecule has 2 atom stereocenters. The molecular formula is C4H8F2O6S2. The SMILES string of the molecule is CC(OS(=O)(=O)F)C(C)OS(=O)(=O)F. The van der Waals surface area contributed by atoms with Crippen LogP contribution in [0, 0.1) is 0 Å². The van der Waals surface area contributed by atoms with E-state index < -0.39 is 33.2 Å². The molecule has 0 radical (unpaired) electrons. The third-order valence-electron chi connectivity index (χ3n) is 1.19. The zero-order valence-electron chi connectivity index (χ0n) is 7.18. The molecule has 14 heavy (non-hydrogen) atoms. The smallest absolute Gasteiger partial charge is 0.239 e. The Hall–Kier alpha value is -0.320. The molecule has 0 spiro atoms. The van der Waals surface area contributed by atoms with Gasteiger partial charge in [0.1, 0.15) is 12.2 Å². The summed E-state index contributed by atoms with van der Waals surface area (Å²) < 4.78 is 70.9. The summed E-state index contributed by atoms with van der Waals surface area (Å²) in [4.78, 5) is 0. The topological polar surface area (TPSA) is 86.7 Å². The number of hydrogen-bond acceptors (Lipinski definition) is 6. The van der Waals surface area contributed by atoms with E-state index in [1.165, 1.54) is 0 Å². The van der Waals surface area contributed by atoms with Gasteiger partial charge in [0, 0.05) is 0 Å². The lowest BCUT2D eigenvalue weighted by molar-refractivity contribution is 0.0769. The van der Waals surface area contributed by atoms with E-state index in [2.05, 4.69) is 8.37 Å². The highest BCUT2D eigenvalue weighted by molar-refractivity contribution is 7.81. The summed E-state index contributed by atoms with van der Waals surface area (Å²) in [5, 5.41) is 0. The van der Waals surface area contributed by atoms with Crippen molar-refractivity contribution in [3.05, 3.63) is 0 Å². The minimum absolute atomic E-state index is 1.01. The quantitative estimate of drug-likeness (QED) is 0.652. The van der Waals surface area contributed by atoms with E-state index in [4.69, 9.17) is 0 Å². The molecule has 0 saturated heterocycles. The number of hydrogen-bond donors (Lipinski definition) is 0. The van der Waals surface area contributed by atoms with Crippen molar-refractivity contribution in [1.82, 2.24) is 0 Å². The second-order valence-corrected chi connectivity index (χ2v) is 4.35. The van der Waals surface area contributed by atoms with Crippen molar-refractivity contribution >= 4 is 21.0 Å². The molecule has 0 bridgehead atoms. The van der Waals surface area contributed by atoms with Gasteiger partial charge in [0.25, 0.3) is 0 Å². The average Bonchev–Trinajstić information content (AvgIpc) is 1.78. The van der Waals surface area contributed by atoms with Gasteiger partial charge < -0.3 is 0 Å². The van der Waals surface area contributed by atoms with Crippen LogP contribution in [0.2, 0.25) is 0 Å². The minimum atomic E-state index is -5.22. The van der Waals surface area contributed by atoms with Crippen LogP contribution >= 0.6 is 0 Å². The van der Waals surface area contributed by atoms with Crippen molar-refractivity contribution in [3.8, 4) is 0 Å². The maximum absolute atomic E-state index is 11.9. The molecule has 0 aliphatic rings. The predicted molar refractivity (Wildman–Crippen MR) is 41.1 cm³/mol. The summed E-state index contributed by atoms with van der Waals surface area (Å²) in [5.74, 6) is 0. The Balaban J connectivity index is 4.35. The van der Waals surface area contributed by atoms with Gasteiger partial charge in [0.2, 0.25) is 0 Å². The van der Waals surface area contributed by atoms with Gasteiger partial charge in [0.05, 0.1) is 0 Å². The summed E-state index contributed by atoms with van der Waals surface area (Å²) in [6.07, 6.45) is -2.92. The third kappa shape index (κ3) is 7.12. The van der Waals surface area contributed by atoms with Crippen LogP contribution in [0.25, 0.3) is 0 Å². The monoisotopic (exact) mass is 254 g/mol. The summed E-state index contributed by atoms with van der Waals surface area (Å²) in [6, 6.07) is 0. The van der Waals surface area contributed by atoms with Crippen LogP contribution in [0.5, 0.6) is 0 Å². The highest BCUT2D eigenvalue weighted by Crippen LogP contribution is 2.11. The Labute approximate surface area is 80.7 Å². The summed E-state index contributed by atoms with van der Waals surface area (Å²) in [6.45, 7) is 2.01. The first-order valence-electron chi connectivity index (χ1n) is 3.27. The van der Waals surface area contributed by atoms with E-state index in [0.29, 0.717) is 0 Å². The fraction of sp³-hybridized carbons (Fsp3) is 1.00. The molecule has 86 valence electrons. The van der Waals surface area contributed by atoms with Gasteiger partial charge in [-0.15, -0.1) is 0 Å².